The van der Waals surface area contributed by atoms with E-state index in [0.29, 0.717) is 5.56 Å². The Morgan fingerprint density at radius 3 is 2.74 bits per heavy atom. The van der Waals surface area contributed by atoms with E-state index < -0.39 is 6.10 Å². The minimum atomic E-state index is -0.405. The van der Waals surface area contributed by atoms with Crippen molar-refractivity contribution in [2.75, 3.05) is 13.1 Å². The molecule has 2 heterocycles. The third-order valence-corrected chi connectivity index (χ3v) is 3.85. The fraction of sp³-hybridized carbons (Fsp3) is 0.467. The van der Waals surface area contributed by atoms with Gasteiger partial charge in [-0.05, 0) is 25.3 Å². The van der Waals surface area contributed by atoms with Crippen LogP contribution >= 0.6 is 0 Å². The zero-order valence-corrected chi connectivity index (χ0v) is 10.8. The summed E-state index contributed by atoms with van der Waals surface area (Å²) in [6, 6.07) is 7.31. The number of cyclic esters (lactones) is 1. The van der Waals surface area contributed by atoms with Crippen molar-refractivity contribution < 1.29 is 14.3 Å². The molecule has 1 unspecified atom stereocenters. The maximum absolute atomic E-state index is 12.2. The van der Waals surface area contributed by atoms with Gasteiger partial charge in [-0.2, -0.15) is 0 Å². The van der Waals surface area contributed by atoms with Crippen LogP contribution in [0, 0.1) is 0 Å². The Bertz CT molecular complexity index is 506. The predicted molar refractivity (Wildman–Crippen MR) is 69.6 cm³/mol. The van der Waals surface area contributed by atoms with Crippen molar-refractivity contribution in [3.05, 3.63) is 35.4 Å². The molecule has 2 aliphatic heterocycles. The molecule has 3 rings (SSSR count). The van der Waals surface area contributed by atoms with Crippen LogP contribution in [0.1, 0.15) is 47.7 Å². The van der Waals surface area contributed by atoms with Crippen LogP contribution in [0.5, 0.6) is 0 Å². The highest BCUT2D eigenvalue weighted by Crippen LogP contribution is 2.33. The van der Waals surface area contributed by atoms with Gasteiger partial charge in [0.05, 0.1) is 12.0 Å². The number of esters is 1. The molecule has 19 heavy (non-hydrogen) atoms. The first-order valence-electron chi connectivity index (χ1n) is 6.83. The highest BCUT2D eigenvalue weighted by Gasteiger charge is 2.33. The topological polar surface area (TPSA) is 46.6 Å². The van der Waals surface area contributed by atoms with Gasteiger partial charge in [0.15, 0.2) is 0 Å². The van der Waals surface area contributed by atoms with E-state index in [1.165, 1.54) is 6.42 Å². The number of carbonyl (C=O) groups is 2. The molecule has 0 radical (unpaired) electrons. The molecular weight excluding hydrogens is 242 g/mol. The van der Waals surface area contributed by atoms with Crippen molar-refractivity contribution in [2.45, 2.75) is 31.8 Å². The first kappa shape index (κ1) is 12.2. The third kappa shape index (κ3) is 2.35. The molecule has 2 aliphatic rings. The number of rotatable bonds is 2. The molecule has 1 fully saturated rings. The summed E-state index contributed by atoms with van der Waals surface area (Å²) < 4.78 is 5.31. The molecule has 1 aromatic rings. The van der Waals surface area contributed by atoms with Gasteiger partial charge in [0.2, 0.25) is 5.91 Å². The fourth-order valence-corrected chi connectivity index (χ4v) is 2.80. The van der Waals surface area contributed by atoms with Gasteiger partial charge in [-0.25, -0.2) is 4.79 Å². The maximum Gasteiger partial charge on any atom is 0.339 e. The lowest BCUT2D eigenvalue weighted by atomic mass is 10.0. The molecule has 0 N–H and O–H groups in total. The van der Waals surface area contributed by atoms with Gasteiger partial charge in [-0.15, -0.1) is 0 Å². The first-order chi connectivity index (χ1) is 9.25. The smallest absolute Gasteiger partial charge is 0.339 e. The standard InChI is InChI=1S/C15H17NO3/c17-14(16-8-4-1-5-9-16)10-13-11-6-2-3-7-12(11)15(18)19-13/h2-3,6-7,13H,1,4-5,8-10H2. The van der Waals surface area contributed by atoms with Crippen molar-refractivity contribution in [1.29, 1.82) is 0 Å². The van der Waals surface area contributed by atoms with Crippen molar-refractivity contribution in [3.8, 4) is 0 Å². The number of hydrogen-bond acceptors (Lipinski definition) is 3. The molecule has 100 valence electrons. The largest absolute Gasteiger partial charge is 0.453 e. The van der Waals surface area contributed by atoms with E-state index in [-0.39, 0.29) is 18.3 Å². The van der Waals surface area contributed by atoms with Crippen LogP contribution < -0.4 is 0 Å². The Morgan fingerprint density at radius 2 is 1.95 bits per heavy atom. The maximum atomic E-state index is 12.2. The second-order valence-corrected chi connectivity index (χ2v) is 5.13. The van der Waals surface area contributed by atoms with Gasteiger partial charge in [-0.3, -0.25) is 4.79 Å². The van der Waals surface area contributed by atoms with Gasteiger partial charge in [0.1, 0.15) is 6.10 Å². The lowest BCUT2D eigenvalue weighted by molar-refractivity contribution is -0.134. The number of carbonyl (C=O) groups excluding carboxylic acids is 2. The Balaban J connectivity index is 1.71. The molecule has 0 spiro atoms. The molecule has 4 heteroatoms. The molecule has 1 aromatic carbocycles. The average Bonchev–Trinajstić information content (AvgIpc) is 2.77. The van der Waals surface area contributed by atoms with Crippen molar-refractivity contribution >= 4 is 11.9 Å². The van der Waals surface area contributed by atoms with Gasteiger partial charge in [-0.1, -0.05) is 18.2 Å². The highest BCUT2D eigenvalue weighted by molar-refractivity contribution is 5.94. The summed E-state index contributed by atoms with van der Waals surface area (Å²) in [7, 11) is 0. The summed E-state index contributed by atoms with van der Waals surface area (Å²) in [5, 5.41) is 0. The Hall–Kier alpha value is -1.84. The van der Waals surface area contributed by atoms with Gasteiger partial charge >= 0.3 is 5.97 Å². The predicted octanol–water partition coefficient (Wildman–Crippen LogP) is 2.30. The van der Waals surface area contributed by atoms with Crippen molar-refractivity contribution in [1.82, 2.24) is 4.90 Å². The van der Waals surface area contributed by atoms with E-state index in [2.05, 4.69) is 0 Å². The van der Waals surface area contributed by atoms with Crippen LogP contribution in [-0.4, -0.2) is 29.9 Å². The van der Waals surface area contributed by atoms with E-state index in [4.69, 9.17) is 4.74 Å². The van der Waals surface area contributed by atoms with Crippen LogP contribution in [0.3, 0.4) is 0 Å². The summed E-state index contributed by atoms with van der Waals surface area (Å²) in [6.45, 7) is 1.67. The van der Waals surface area contributed by atoms with Crippen LogP contribution in [0.25, 0.3) is 0 Å². The van der Waals surface area contributed by atoms with E-state index in [1.54, 1.807) is 6.07 Å². The van der Waals surface area contributed by atoms with Gasteiger partial charge in [0, 0.05) is 18.7 Å². The molecule has 1 atom stereocenters. The molecule has 0 bridgehead atoms. The quantitative estimate of drug-likeness (QED) is 0.766. The number of hydrogen-bond donors (Lipinski definition) is 0. The summed E-state index contributed by atoms with van der Waals surface area (Å²) in [6.07, 6.45) is 3.21. The second-order valence-electron chi connectivity index (χ2n) is 5.13. The minimum absolute atomic E-state index is 0.0919. The molecule has 0 saturated carbocycles. The third-order valence-electron chi connectivity index (χ3n) is 3.85. The van der Waals surface area contributed by atoms with E-state index in [0.717, 1.165) is 31.5 Å². The molecule has 1 saturated heterocycles. The van der Waals surface area contributed by atoms with E-state index in [1.807, 2.05) is 23.1 Å². The number of fused-ring (bicyclic) bond motifs is 1. The zero-order valence-electron chi connectivity index (χ0n) is 10.8. The van der Waals surface area contributed by atoms with Gasteiger partial charge < -0.3 is 9.64 Å². The minimum Gasteiger partial charge on any atom is -0.453 e. The molecular formula is C15H17NO3. The Labute approximate surface area is 112 Å². The highest BCUT2D eigenvalue weighted by atomic mass is 16.5. The first-order valence-corrected chi connectivity index (χ1v) is 6.83. The number of benzene rings is 1. The van der Waals surface area contributed by atoms with E-state index in [9.17, 15) is 9.59 Å². The van der Waals surface area contributed by atoms with Crippen LogP contribution in [0.15, 0.2) is 24.3 Å². The number of amides is 1. The van der Waals surface area contributed by atoms with Crippen LogP contribution in [0.2, 0.25) is 0 Å². The summed E-state index contributed by atoms with van der Waals surface area (Å²) >= 11 is 0. The SMILES string of the molecule is O=C1OC(CC(=O)N2CCCCC2)c2ccccc21. The van der Waals surface area contributed by atoms with Crippen LogP contribution in [-0.2, 0) is 9.53 Å². The van der Waals surface area contributed by atoms with Crippen molar-refractivity contribution in [2.24, 2.45) is 0 Å². The monoisotopic (exact) mass is 259 g/mol. The summed E-state index contributed by atoms with van der Waals surface area (Å²) in [5.41, 5.74) is 1.44. The lowest BCUT2D eigenvalue weighted by Gasteiger charge is -2.27. The van der Waals surface area contributed by atoms with Crippen molar-refractivity contribution in [3.63, 3.8) is 0 Å². The summed E-state index contributed by atoms with van der Waals surface area (Å²) in [5.74, 6) is -0.221. The number of ether oxygens (including phenoxy) is 1. The average molecular weight is 259 g/mol. The van der Waals surface area contributed by atoms with Crippen LogP contribution in [0.4, 0.5) is 0 Å². The number of likely N-dealkylation sites (tertiary alicyclic amines) is 1. The summed E-state index contributed by atoms with van der Waals surface area (Å²) in [4.78, 5) is 25.8. The second kappa shape index (κ2) is 5.03. The molecule has 0 aliphatic carbocycles. The molecule has 4 nitrogen and oxygen atoms in total. The zero-order chi connectivity index (χ0) is 13.2. The Morgan fingerprint density at radius 1 is 1.21 bits per heavy atom. The lowest BCUT2D eigenvalue weighted by Crippen LogP contribution is -2.36. The fourth-order valence-electron chi connectivity index (χ4n) is 2.80. The van der Waals surface area contributed by atoms with Gasteiger partial charge in [0.25, 0.3) is 0 Å². The Kier molecular flexibility index (Phi) is 3.23. The molecule has 1 amide bonds. The van der Waals surface area contributed by atoms with E-state index >= 15 is 0 Å². The number of nitrogens with zero attached hydrogens (tertiary/aromatic N) is 1. The number of piperidine rings is 1. The normalized spacial score (nSPS) is 22.0. The molecule has 0 aromatic heterocycles.